The van der Waals surface area contributed by atoms with Gasteiger partial charge in [0.25, 0.3) is 5.91 Å². The van der Waals surface area contributed by atoms with Gasteiger partial charge in [-0.25, -0.2) is 8.42 Å². The highest BCUT2D eigenvalue weighted by molar-refractivity contribution is 7.92. The number of carbonyl (C=O) groups is 1. The summed E-state index contributed by atoms with van der Waals surface area (Å²) >= 11 is 0. The number of nitrogens with one attached hydrogen (secondary N) is 2. The Morgan fingerprint density at radius 2 is 2.00 bits per heavy atom. The first-order chi connectivity index (χ1) is 13.8. The van der Waals surface area contributed by atoms with Crippen LogP contribution >= 0.6 is 0 Å². The number of aromatic nitrogens is 1. The van der Waals surface area contributed by atoms with Crippen LogP contribution in [-0.2, 0) is 10.0 Å². The molecule has 2 aromatic rings. The quantitative estimate of drug-likeness (QED) is 0.756. The highest BCUT2D eigenvalue weighted by Gasteiger charge is 2.26. The fourth-order valence-corrected chi connectivity index (χ4v) is 3.85. The molecule has 0 bridgehead atoms. The lowest BCUT2D eigenvalue weighted by Gasteiger charge is -2.18. The molecule has 1 atom stereocenters. The van der Waals surface area contributed by atoms with Crippen LogP contribution < -0.4 is 15.0 Å². The maximum absolute atomic E-state index is 12.4. The molecule has 9 heteroatoms. The van der Waals surface area contributed by atoms with Gasteiger partial charge in [-0.05, 0) is 49.1 Å². The van der Waals surface area contributed by atoms with Gasteiger partial charge in [0.2, 0.25) is 10.0 Å². The predicted octanol–water partition coefficient (Wildman–Crippen LogP) is 2.24. The first kappa shape index (κ1) is 19.4. The second-order valence-electron chi connectivity index (χ2n) is 7.58. The highest BCUT2D eigenvalue weighted by atomic mass is 32.2. The summed E-state index contributed by atoms with van der Waals surface area (Å²) in [7, 11) is -3.38. The summed E-state index contributed by atoms with van der Waals surface area (Å²) in [5.74, 6) is -0.0144. The fraction of sp³-hybridized carbons (Fsp3) is 0.350. The molecule has 1 amide bonds. The van der Waals surface area contributed by atoms with Crippen molar-refractivity contribution in [3.8, 4) is 0 Å². The summed E-state index contributed by atoms with van der Waals surface area (Å²) in [6.45, 7) is 2.60. The molecule has 1 aliphatic heterocycles. The number of amides is 1. The van der Waals surface area contributed by atoms with Crippen LogP contribution in [0, 0.1) is 6.92 Å². The number of nitrogens with zero attached hydrogens (tertiary/aromatic N) is 3. The second-order valence-corrected chi connectivity index (χ2v) is 9.33. The van der Waals surface area contributed by atoms with Gasteiger partial charge in [-0.15, -0.1) is 0 Å². The molecule has 2 heterocycles. The van der Waals surface area contributed by atoms with Gasteiger partial charge in [0.05, 0.1) is 36.6 Å². The maximum Gasteiger partial charge on any atom is 0.251 e. The summed E-state index contributed by atoms with van der Waals surface area (Å²) in [6.07, 6.45) is 8.14. The number of hydrazone groups is 1. The molecule has 0 spiro atoms. The Hall–Kier alpha value is -2.94. The van der Waals surface area contributed by atoms with Crippen molar-refractivity contribution < 1.29 is 13.2 Å². The van der Waals surface area contributed by atoms with E-state index < -0.39 is 10.0 Å². The van der Waals surface area contributed by atoms with E-state index in [9.17, 15) is 13.2 Å². The van der Waals surface area contributed by atoms with Crippen molar-refractivity contribution in [2.45, 2.75) is 31.7 Å². The molecule has 29 heavy (non-hydrogen) atoms. The van der Waals surface area contributed by atoms with E-state index in [-0.39, 0.29) is 11.8 Å². The molecule has 0 radical (unpaired) electrons. The van der Waals surface area contributed by atoms with Crippen LogP contribution in [0.4, 0.5) is 11.4 Å². The Labute approximate surface area is 170 Å². The highest BCUT2D eigenvalue weighted by Crippen LogP contribution is 2.29. The van der Waals surface area contributed by atoms with E-state index in [4.69, 9.17) is 0 Å². The molecule has 152 valence electrons. The smallest absolute Gasteiger partial charge is 0.251 e. The number of carbonyl (C=O) groups excluding carboxylic acids is 1. The minimum atomic E-state index is -3.38. The van der Waals surface area contributed by atoms with Crippen molar-refractivity contribution in [1.82, 2.24) is 10.3 Å². The number of hydrogen-bond acceptors (Lipinski definition) is 6. The van der Waals surface area contributed by atoms with Crippen LogP contribution in [0.5, 0.6) is 0 Å². The van der Waals surface area contributed by atoms with Crippen molar-refractivity contribution in [3.05, 3.63) is 53.3 Å². The molecule has 8 nitrogen and oxygen atoms in total. The van der Waals surface area contributed by atoms with E-state index in [0.29, 0.717) is 29.5 Å². The summed E-state index contributed by atoms with van der Waals surface area (Å²) in [5, 5.41) is 9.26. The van der Waals surface area contributed by atoms with E-state index in [1.807, 2.05) is 31.3 Å². The largest absolute Gasteiger partial charge is 0.349 e. The van der Waals surface area contributed by atoms with Crippen molar-refractivity contribution >= 4 is 33.5 Å². The second kappa shape index (κ2) is 7.47. The van der Waals surface area contributed by atoms with Gasteiger partial charge in [-0.1, -0.05) is 6.07 Å². The number of pyridine rings is 1. The average Bonchev–Trinajstić information content (AvgIpc) is 3.33. The number of aryl methyl sites for hydroxylation is 1. The molecule has 1 aromatic carbocycles. The van der Waals surface area contributed by atoms with Crippen molar-refractivity contribution in [2.75, 3.05) is 22.5 Å². The molecule has 1 aliphatic carbocycles. The molecule has 1 saturated carbocycles. The number of rotatable bonds is 6. The molecule has 0 saturated heterocycles. The lowest BCUT2D eigenvalue weighted by Crippen LogP contribution is -2.25. The zero-order chi connectivity index (χ0) is 20.6. The number of anilines is 2. The third kappa shape index (κ3) is 4.73. The molecule has 4 rings (SSSR count). The van der Waals surface area contributed by atoms with Crippen LogP contribution in [0.25, 0.3) is 0 Å². The minimum absolute atomic E-state index is 0.0233. The molecule has 1 aromatic heterocycles. The van der Waals surface area contributed by atoms with E-state index in [1.54, 1.807) is 17.3 Å². The monoisotopic (exact) mass is 413 g/mol. The number of benzene rings is 1. The zero-order valence-electron chi connectivity index (χ0n) is 16.3. The Morgan fingerprint density at radius 1 is 1.21 bits per heavy atom. The Bertz CT molecular complexity index is 1080. The van der Waals surface area contributed by atoms with Gasteiger partial charge in [0, 0.05) is 23.7 Å². The van der Waals surface area contributed by atoms with E-state index in [2.05, 4.69) is 20.1 Å². The Morgan fingerprint density at radius 3 is 2.72 bits per heavy atom. The van der Waals surface area contributed by atoms with Crippen LogP contribution in [0.2, 0.25) is 0 Å². The van der Waals surface area contributed by atoms with Crippen LogP contribution in [0.1, 0.15) is 40.2 Å². The van der Waals surface area contributed by atoms with Crippen LogP contribution in [0.15, 0.2) is 41.8 Å². The zero-order valence-corrected chi connectivity index (χ0v) is 17.1. The first-order valence-electron chi connectivity index (χ1n) is 9.44. The fourth-order valence-electron chi connectivity index (χ4n) is 3.31. The Kier molecular flexibility index (Phi) is 4.99. The van der Waals surface area contributed by atoms with Crippen molar-refractivity contribution in [3.63, 3.8) is 0 Å². The first-order valence-corrected chi connectivity index (χ1v) is 11.3. The number of sulfonamides is 1. The summed E-state index contributed by atoms with van der Waals surface area (Å²) < 4.78 is 25.3. The Balaban J connectivity index is 1.51. The molecule has 2 aliphatic rings. The normalized spacial score (nSPS) is 18.7. The third-order valence-electron chi connectivity index (χ3n) is 4.93. The summed E-state index contributed by atoms with van der Waals surface area (Å²) in [6, 6.07) is 7.76. The van der Waals surface area contributed by atoms with Gasteiger partial charge in [0.1, 0.15) is 0 Å². The van der Waals surface area contributed by atoms with Crippen LogP contribution in [0.3, 0.4) is 0 Å². The molecular formula is C20H23N5O3S. The lowest BCUT2D eigenvalue weighted by atomic mass is 9.94. The standard InChI is InChI=1S/C20H23N5O3S/c1-13-3-4-14(20(26)23-16-5-6-16)7-19(13)15-9-22-25(12-15)18-8-17(10-21-11-18)24-29(2,27)28/h3-4,7-11,15-16,24H,5-6,12H2,1-2H3,(H,23,26). The van der Waals surface area contributed by atoms with Crippen molar-refractivity contribution in [1.29, 1.82) is 0 Å². The number of hydrogen-bond donors (Lipinski definition) is 2. The average molecular weight is 414 g/mol. The molecule has 1 fully saturated rings. The predicted molar refractivity (Wildman–Crippen MR) is 113 cm³/mol. The van der Waals surface area contributed by atoms with E-state index in [0.717, 1.165) is 30.2 Å². The lowest BCUT2D eigenvalue weighted by molar-refractivity contribution is 0.0951. The third-order valence-corrected chi connectivity index (χ3v) is 5.54. The molecular weight excluding hydrogens is 390 g/mol. The van der Waals surface area contributed by atoms with Gasteiger partial charge in [0.15, 0.2) is 0 Å². The maximum atomic E-state index is 12.4. The topological polar surface area (TPSA) is 104 Å². The van der Waals surface area contributed by atoms with Gasteiger partial charge in [-0.2, -0.15) is 5.10 Å². The van der Waals surface area contributed by atoms with Gasteiger partial charge in [-0.3, -0.25) is 19.5 Å². The molecule has 1 unspecified atom stereocenters. The summed E-state index contributed by atoms with van der Waals surface area (Å²) in [5.41, 5.74) is 3.89. The molecule has 2 N–H and O–H groups in total. The van der Waals surface area contributed by atoms with E-state index >= 15 is 0 Å². The summed E-state index contributed by atoms with van der Waals surface area (Å²) in [4.78, 5) is 16.5. The van der Waals surface area contributed by atoms with Gasteiger partial charge < -0.3 is 5.32 Å². The van der Waals surface area contributed by atoms with E-state index in [1.165, 1.54) is 6.20 Å². The minimum Gasteiger partial charge on any atom is -0.349 e. The van der Waals surface area contributed by atoms with Crippen molar-refractivity contribution in [2.24, 2.45) is 5.10 Å². The van der Waals surface area contributed by atoms with Gasteiger partial charge >= 0.3 is 0 Å². The SMILES string of the molecule is Cc1ccc(C(=O)NC2CC2)cc1C1C=NN(c2cncc(NS(C)(=O)=O)c2)C1. The van der Waals surface area contributed by atoms with Crippen LogP contribution in [-0.4, -0.2) is 44.4 Å².